The highest BCUT2D eigenvalue weighted by Gasteiger charge is 2.36. The first kappa shape index (κ1) is 22.3. The van der Waals surface area contributed by atoms with Crippen LogP contribution in [0.25, 0.3) is 0 Å². The summed E-state index contributed by atoms with van der Waals surface area (Å²) in [5.74, 6) is -1.87. The molecule has 0 spiro atoms. The Morgan fingerprint density at radius 1 is 0.719 bits per heavy atom. The van der Waals surface area contributed by atoms with Crippen molar-refractivity contribution in [2.24, 2.45) is 0 Å². The number of carbonyl (C=O) groups is 5. The van der Waals surface area contributed by atoms with E-state index >= 15 is 0 Å². The maximum absolute atomic E-state index is 13.3. The van der Waals surface area contributed by atoms with E-state index in [0.717, 1.165) is 21.3 Å². The summed E-state index contributed by atoms with van der Waals surface area (Å²) in [4.78, 5) is 61.1. The van der Waals surface area contributed by atoms with E-state index in [1.165, 1.54) is 30.3 Å². The fourth-order valence-corrected chi connectivity index (χ4v) is 3.02. The molecule has 0 aromatic heterocycles. The van der Waals surface area contributed by atoms with Crippen molar-refractivity contribution < 1.29 is 52.4 Å². The van der Waals surface area contributed by atoms with Gasteiger partial charge in [-0.2, -0.15) is 0 Å². The number of benzene rings is 2. The fourth-order valence-electron chi connectivity index (χ4n) is 3.02. The van der Waals surface area contributed by atoms with Gasteiger partial charge in [-0.3, -0.25) is 9.59 Å². The lowest BCUT2D eigenvalue weighted by molar-refractivity contribution is 0.0666. The summed E-state index contributed by atoms with van der Waals surface area (Å²) in [6.45, 7) is -0.336. The van der Waals surface area contributed by atoms with E-state index in [1.807, 2.05) is 0 Å². The van der Waals surface area contributed by atoms with Crippen LogP contribution in [0.15, 0.2) is 30.3 Å². The van der Waals surface area contributed by atoms with Crippen LogP contribution in [-0.4, -0.2) is 51.4 Å². The second kappa shape index (κ2) is 9.16. The Morgan fingerprint density at radius 2 is 1.31 bits per heavy atom. The van der Waals surface area contributed by atoms with Crippen LogP contribution in [0.3, 0.4) is 0 Å². The minimum Gasteiger partial charge on any atom is -0.438 e. The van der Waals surface area contributed by atoms with Crippen LogP contribution in [0.5, 0.6) is 11.5 Å². The normalized spacial score (nSPS) is 11.6. The molecular formula is C21H16O11. The Kier molecular flexibility index (Phi) is 6.38. The van der Waals surface area contributed by atoms with Gasteiger partial charge in [-0.05, 0) is 23.8 Å². The Labute approximate surface area is 180 Å². The average Bonchev–Trinajstić information content (AvgIpc) is 2.80. The highest BCUT2D eigenvalue weighted by Crippen LogP contribution is 2.38. The summed E-state index contributed by atoms with van der Waals surface area (Å²) in [5, 5.41) is 0. The molecule has 0 aliphatic heterocycles. The SMILES string of the molecule is COC(=O)OCc1cc(OC(=O)OC)c2c(c1)C(=O)c1cccc(OC(=O)OC)c1C2=O. The van der Waals surface area contributed by atoms with Crippen molar-refractivity contribution in [3.05, 3.63) is 58.1 Å². The minimum atomic E-state index is -1.15. The largest absolute Gasteiger partial charge is 0.513 e. The lowest BCUT2D eigenvalue weighted by Crippen LogP contribution is -2.25. The van der Waals surface area contributed by atoms with Crippen molar-refractivity contribution in [3.8, 4) is 11.5 Å². The number of fused-ring (bicyclic) bond motifs is 2. The summed E-state index contributed by atoms with van der Waals surface area (Å²) >= 11 is 0. The Bertz CT molecular complexity index is 1130. The lowest BCUT2D eigenvalue weighted by Gasteiger charge is -2.22. The van der Waals surface area contributed by atoms with Gasteiger partial charge in [-0.1, -0.05) is 12.1 Å². The van der Waals surface area contributed by atoms with Crippen LogP contribution in [0, 0.1) is 0 Å². The van der Waals surface area contributed by atoms with Crippen molar-refractivity contribution in [1.82, 2.24) is 0 Å². The lowest BCUT2D eigenvalue weighted by atomic mass is 9.82. The molecule has 0 atom stereocenters. The monoisotopic (exact) mass is 444 g/mol. The van der Waals surface area contributed by atoms with E-state index in [9.17, 15) is 24.0 Å². The predicted octanol–water partition coefficient (Wildman–Crippen LogP) is 3.04. The molecule has 11 nitrogen and oxygen atoms in total. The number of carbonyl (C=O) groups excluding carboxylic acids is 5. The molecule has 2 aromatic rings. The molecule has 1 aliphatic rings. The number of hydrogen-bond acceptors (Lipinski definition) is 11. The van der Waals surface area contributed by atoms with Crippen LogP contribution in [0.2, 0.25) is 0 Å². The zero-order chi connectivity index (χ0) is 23.4. The third-order valence-corrected chi connectivity index (χ3v) is 4.37. The summed E-state index contributed by atoms with van der Waals surface area (Å²) in [7, 11) is 3.26. The van der Waals surface area contributed by atoms with Gasteiger partial charge in [0.25, 0.3) is 0 Å². The molecule has 3 rings (SSSR count). The predicted molar refractivity (Wildman–Crippen MR) is 103 cm³/mol. The Hall–Kier alpha value is -4.41. The van der Waals surface area contributed by atoms with Crippen molar-refractivity contribution in [1.29, 1.82) is 0 Å². The first-order chi connectivity index (χ1) is 15.3. The molecule has 0 amide bonds. The summed E-state index contributed by atoms with van der Waals surface area (Å²) < 4.78 is 28.2. The van der Waals surface area contributed by atoms with Gasteiger partial charge in [-0.15, -0.1) is 0 Å². The van der Waals surface area contributed by atoms with Crippen LogP contribution in [0.1, 0.15) is 37.4 Å². The van der Waals surface area contributed by atoms with E-state index < -0.39 is 30.0 Å². The second-order valence-electron chi connectivity index (χ2n) is 6.21. The summed E-state index contributed by atoms with van der Waals surface area (Å²) in [6.07, 6.45) is -3.22. The van der Waals surface area contributed by atoms with E-state index in [2.05, 4.69) is 14.2 Å². The number of methoxy groups -OCH3 is 3. The van der Waals surface area contributed by atoms with Crippen molar-refractivity contribution in [2.45, 2.75) is 6.61 Å². The highest BCUT2D eigenvalue weighted by atomic mass is 16.7. The molecule has 166 valence electrons. The van der Waals surface area contributed by atoms with Crippen molar-refractivity contribution in [2.75, 3.05) is 21.3 Å². The van der Waals surface area contributed by atoms with Gasteiger partial charge in [0.15, 0.2) is 5.78 Å². The van der Waals surface area contributed by atoms with Crippen LogP contribution in [0.4, 0.5) is 14.4 Å². The Balaban J connectivity index is 2.15. The molecule has 0 saturated heterocycles. The van der Waals surface area contributed by atoms with E-state index in [-0.39, 0.29) is 45.9 Å². The van der Waals surface area contributed by atoms with E-state index in [4.69, 9.17) is 14.2 Å². The molecule has 0 bridgehead atoms. The summed E-state index contributed by atoms with van der Waals surface area (Å²) in [6, 6.07) is 6.66. The van der Waals surface area contributed by atoms with Gasteiger partial charge in [0.2, 0.25) is 5.78 Å². The van der Waals surface area contributed by atoms with E-state index in [1.54, 1.807) is 0 Å². The number of hydrogen-bond donors (Lipinski definition) is 0. The van der Waals surface area contributed by atoms with Crippen LogP contribution >= 0.6 is 0 Å². The molecule has 0 fully saturated rings. The molecule has 0 heterocycles. The third kappa shape index (κ3) is 4.21. The molecule has 0 saturated carbocycles. The Morgan fingerprint density at radius 3 is 1.94 bits per heavy atom. The molecule has 1 aliphatic carbocycles. The number of ketones is 2. The fraction of sp³-hybridized carbons (Fsp3) is 0.190. The van der Waals surface area contributed by atoms with E-state index in [0.29, 0.717) is 0 Å². The molecule has 2 aromatic carbocycles. The minimum absolute atomic E-state index is 0.0426. The van der Waals surface area contributed by atoms with Crippen molar-refractivity contribution >= 4 is 30.0 Å². The molecule has 0 N–H and O–H groups in total. The molecule has 32 heavy (non-hydrogen) atoms. The molecule has 0 unspecified atom stereocenters. The zero-order valence-corrected chi connectivity index (χ0v) is 17.1. The smallest absolute Gasteiger partial charge is 0.438 e. The number of rotatable bonds is 4. The maximum Gasteiger partial charge on any atom is 0.513 e. The van der Waals surface area contributed by atoms with Gasteiger partial charge in [-0.25, -0.2) is 14.4 Å². The number of ether oxygens (including phenoxy) is 6. The molecule has 11 heteroatoms. The third-order valence-electron chi connectivity index (χ3n) is 4.37. The second-order valence-corrected chi connectivity index (χ2v) is 6.21. The zero-order valence-electron chi connectivity index (χ0n) is 17.1. The molecule has 0 radical (unpaired) electrons. The van der Waals surface area contributed by atoms with Crippen molar-refractivity contribution in [3.63, 3.8) is 0 Å². The standard InChI is InChI=1S/C21H16O11/c1-27-19(24)30-9-10-7-12-16(14(8-10)32-21(26)29-3)18(23)15-11(17(12)22)5-4-6-13(15)31-20(25)28-2/h4-8H,9H2,1-3H3. The average molecular weight is 444 g/mol. The first-order valence-electron chi connectivity index (χ1n) is 8.92. The summed E-state index contributed by atoms with van der Waals surface area (Å²) in [5.41, 5.74) is -0.375. The van der Waals surface area contributed by atoms with Crippen LogP contribution < -0.4 is 9.47 Å². The van der Waals surface area contributed by atoms with Gasteiger partial charge < -0.3 is 28.4 Å². The highest BCUT2D eigenvalue weighted by molar-refractivity contribution is 6.30. The van der Waals surface area contributed by atoms with Gasteiger partial charge in [0.1, 0.15) is 18.1 Å². The molecular weight excluding hydrogens is 428 g/mol. The van der Waals surface area contributed by atoms with Crippen LogP contribution in [-0.2, 0) is 25.6 Å². The van der Waals surface area contributed by atoms with Gasteiger partial charge in [0, 0.05) is 11.1 Å². The quantitative estimate of drug-likeness (QED) is 0.333. The van der Waals surface area contributed by atoms with Gasteiger partial charge in [0.05, 0.1) is 32.5 Å². The maximum atomic E-state index is 13.3. The van der Waals surface area contributed by atoms with Gasteiger partial charge >= 0.3 is 18.5 Å². The topological polar surface area (TPSA) is 141 Å². The first-order valence-corrected chi connectivity index (χ1v) is 8.92.